The SMILES string of the molecule is CCCC(=O)O[C@@H](CC(=O)O)C(=O)OC1=CC[C@@]2(O)[C@H]3Cc4ccc(CO)c5c4[C@@]2(CCN3C)[C@H]1O5. The summed E-state index contributed by atoms with van der Waals surface area (Å²) in [5.41, 5.74) is 0.366. The predicted molar refractivity (Wildman–Crippen MR) is 124 cm³/mol. The van der Waals surface area contributed by atoms with Gasteiger partial charge in [0.05, 0.1) is 24.0 Å². The highest BCUT2D eigenvalue weighted by Gasteiger charge is 2.72. The van der Waals surface area contributed by atoms with Crippen LogP contribution < -0.4 is 4.74 Å². The number of aliphatic hydroxyl groups excluding tert-OH is 1. The Morgan fingerprint density at radius 2 is 2.08 bits per heavy atom. The number of aliphatic hydroxyl groups is 2. The van der Waals surface area contributed by atoms with Crippen molar-refractivity contribution >= 4 is 17.9 Å². The van der Waals surface area contributed by atoms with Gasteiger partial charge in [0.15, 0.2) is 6.10 Å². The van der Waals surface area contributed by atoms with Gasteiger partial charge in [-0.2, -0.15) is 0 Å². The van der Waals surface area contributed by atoms with Crippen LogP contribution in [0.1, 0.15) is 55.7 Å². The summed E-state index contributed by atoms with van der Waals surface area (Å²) in [5.74, 6) is -2.33. The molecule has 1 aromatic carbocycles. The molecule has 1 saturated heterocycles. The molecule has 10 nitrogen and oxygen atoms in total. The Labute approximate surface area is 208 Å². The van der Waals surface area contributed by atoms with E-state index in [9.17, 15) is 29.7 Å². The number of hydrogen-bond donors (Lipinski definition) is 3. The molecule has 2 heterocycles. The zero-order valence-electron chi connectivity index (χ0n) is 20.4. The van der Waals surface area contributed by atoms with Crippen LogP contribution in [-0.2, 0) is 42.3 Å². The van der Waals surface area contributed by atoms with Crippen molar-refractivity contribution in [3.63, 3.8) is 0 Å². The van der Waals surface area contributed by atoms with Gasteiger partial charge in [0, 0.05) is 30.0 Å². The first-order valence-electron chi connectivity index (χ1n) is 12.3. The largest absolute Gasteiger partial charge is 0.481 e. The molecule has 0 amide bonds. The average molecular weight is 502 g/mol. The van der Waals surface area contributed by atoms with E-state index in [-0.39, 0.29) is 31.2 Å². The van der Waals surface area contributed by atoms with E-state index in [1.807, 2.05) is 19.2 Å². The van der Waals surface area contributed by atoms with Crippen molar-refractivity contribution in [1.82, 2.24) is 4.90 Å². The highest BCUT2D eigenvalue weighted by atomic mass is 16.6. The molecule has 2 bridgehead atoms. The minimum absolute atomic E-state index is 0.0465. The van der Waals surface area contributed by atoms with Gasteiger partial charge in [-0.25, -0.2) is 4.79 Å². The number of hydrogen-bond acceptors (Lipinski definition) is 9. The zero-order chi connectivity index (χ0) is 25.8. The van der Waals surface area contributed by atoms with Gasteiger partial charge >= 0.3 is 17.9 Å². The Bertz CT molecular complexity index is 1150. The van der Waals surface area contributed by atoms with Gasteiger partial charge in [-0.1, -0.05) is 19.1 Å². The minimum atomic E-state index is -1.61. The normalized spacial score (nSPS) is 30.5. The summed E-state index contributed by atoms with van der Waals surface area (Å²) in [7, 11) is 1.98. The fraction of sp³-hybridized carbons (Fsp3) is 0.577. The van der Waals surface area contributed by atoms with Crippen molar-refractivity contribution in [3.05, 3.63) is 40.7 Å². The summed E-state index contributed by atoms with van der Waals surface area (Å²) in [6, 6.07) is 3.59. The number of aliphatic carboxylic acids is 1. The van der Waals surface area contributed by atoms with E-state index in [1.165, 1.54) is 0 Å². The molecule has 5 atom stereocenters. The number of carboxylic acid groups (broad SMARTS) is 1. The van der Waals surface area contributed by atoms with Crippen LogP contribution in [0.2, 0.25) is 0 Å². The van der Waals surface area contributed by atoms with Crippen LogP contribution in [0.3, 0.4) is 0 Å². The lowest BCUT2D eigenvalue weighted by molar-refractivity contribution is -0.177. The quantitative estimate of drug-likeness (QED) is 0.445. The molecule has 0 saturated carbocycles. The highest BCUT2D eigenvalue weighted by Crippen LogP contribution is 2.64. The lowest BCUT2D eigenvalue weighted by Crippen LogP contribution is -2.74. The van der Waals surface area contributed by atoms with Gasteiger partial charge in [0.25, 0.3) is 0 Å². The number of carboxylic acids is 1. The zero-order valence-corrected chi connectivity index (χ0v) is 20.4. The van der Waals surface area contributed by atoms with Crippen LogP contribution in [0.15, 0.2) is 24.0 Å². The first-order chi connectivity index (χ1) is 17.2. The molecular weight excluding hydrogens is 470 g/mol. The molecule has 0 unspecified atom stereocenters. The van der Waals surface area contributed by atoms with Gasteiger partial charge in [-0.15, -0.1) is 0 Å². The number of likely N-dealkylation sites (N-methyl/N-ethyl adjacent to an activating group) is 1. The van der Waals surface area contributed by atoms with Crippen LogP contribution >= 0.6 is 0 Å². The molecular formula is C26H31NO9. The van der Waals surface area contributed by atoms with Crippen molar-refractivity contribution in [2.24, 2.45) is 0 Å². The summed E-state index contributed by atoms with van der Waals surface area (Å²) in [4.78, 5) is 38.6. The van der Waals surface area contributed by atoms with Gasteiger partial charge in [0.1, 0.15) is 11.5 Å². The van der Waals surface area contributed by atoms with E-state index in [4.69, 9.17) is 14.2 Å². The summed E-state index contributed by atoms with van der Waals surface area (Å²) >= 11 is 0. The topological polar surface area (TPSA) is 143 Å². The molecule has 36 heavy (non-hydrogen) atoms. The molecule has 194 valence electrons. The first kappa shape index (κ1) is 24.7. The van der Waals surface area contributed by atoms with Crippen LogP contribution in [-0.4, -0.2) is 75.6 Å². The van der Waals surface area contributed by atoms with E-state index in [0.717, 1.165) is 11.1 Å². The molecule has 5 rings (SSSR count). The lowest BCUT2D eigenvalue weighted by atomic mass is 9.50. The van der Waals surface area contributed by atoms with Gasteiger partial charge in [-0.3, -0.25) is 9.59 Å². The lowest BCUT2D eigenvalue weighted by Gasteiger charge is -2.61. The summed E-state index contributed by atoms with van der Waals surface area (Å²) in [5, 5.41) is 31.4. The van der Waals surface area contributed by atoms with E-state index in [2.05, 4.69) is 4.90 Å². The standard InChI is InChI=1S/C26H31NO9/c1-3-4-20(31)34-17(12-19(29)30)24(32)35-16-7-8-26(33)18-11-14-5-6-15(13-28)22-21(14)25(26,23(16)36-22)9-10-27(18)2/h5-7,17-18,23,28,33H,3-4,8-13H2,1-2H3,(H,29,30)/t17-,18+,23-,25-,26+/m0/s1. The number of rotatable bonds is 8. The third kappa shape index (κ3) is 3.46. The van der Waals surface area contributed by atoms with E-state index >= 15 is 0 Å². The third-order valence-electron chi connectivity index (χ3n) is 8.20. The van der Waals surface area contributed by atoms with Crippen molar-refractivity contribution in [3.8, 4) is 5.75 Å². The number of likely N-dealkylation sites (tertiary alicyclic amines) is 1. The van der Waals surface area contributed by atoms with Gasteiger partial charge in [0.2, 0.25) is 6.10 Å². The van der Waals surface area contributed by atoms with Gasteiger partial charge < -0.3 is 34.4 Å². The second-order valence-corrected chi connectivity index (χ2v) is 10.1. The molecule has 0 aromatic heterocycles. The number of piperidine rings is 1. The second-order valence-electron chi connectivity index (χ2n) is 10.1. The van der Waals surface area contributed by atoms with E-state index in [1.54, 1.807) is 13.0 Å². The Balaban J connectivity index is 1.52. The predicted octanol–water partition coefficient (Wildman–Crippen LogP) is 1.19. The maximum absolute atomic E-state index is 13.1. The Morgan fingerprint density at radius 3 is 2.78 bits per heavy atom. The second kappa shape index (κ2) is 8.86. The van der Waals surface area contributed by atoms with Crippen molar-refractivity contribution in [2.75, 3.05) is 13.6 Å². The first-order valence-corrected chi connectivity index (χ1v) is 12.3. The summed E-state index contributed by atoms with van der Waals surface area (Å²) in [6.45, 7) is 2.20. The maximum Gasteiger partial charge on any atom is 0.353 e. The number of carbonyl (C=O) groups excluding carboxylic acids is 2. The number of nitrogens with zero attached hydrogens (tertiary/aromatic N) is 1. The van der Waals surface area contributed by atoms with E-state index in [0.29, 0.717) is 37.1 Å². The average Bonchev–Trinajstić information content (AvgIpc) is 3.18. The number of esters is 2. The summed E-state index contributed by atoms with van der Waals surface area (Å²) in [6.07, 6.45) is 0.322. The van der Waals surface area contributed by atoms with Gasteiger partial charge in [-0.05, 0) is 44.5 Å². The van der Waals surface area contributed by atoms with Crippen LogP contribution in [0.5, 0.6) is 5.75 Å². The fourth-order valence-electron chi connectivity index (χ4n) is 6.57. The fourth-order valence-corrected chi connectivity index (χ4v) is 6.57. The Morgan fingerprint density at radius 1 is 1.31 bits per heavy atom. The molecule has 4 aliphatic rings. The molecule has 1 fully saturated rings. The maximum atomic E-state index is 13.1. The van der Waals surface area contributed by atoms with E-state index < -0.39 is 47.6 Å². The number of benzene rings is 1. The van der Waals surface area contributed by atoms with Crippen LogP contribution in [0, 0.1) is 0 Å². The number of ether oxygens (including phenoxy) is 3. The van der Waals surface area contributed by atoms with Crippen LogP contribution in [0.25, 0.3) is 0 Å². The molecule has 0 radical (unpaired) electrons. The van der Waals surface area contributed by atoms with Crippen molar-refractivity contribution in [1.29, 1.82) is 0 Å². The highest BCUT2D eigenvalue weighted by molar-refractivity contribution is 5.84. The molecule has 2 aliphatic carbocycles. The number of carbonyl (C=O) groups is 3. The Kier molecular flexibility index (Phi) is 6.09. The van der Waals surface area contributed by atoms with Crippen molar-refractivity contribution < 1.29 is 43.9 Å². The monoisotopic (exact) mass is 501 g/mol. The molecule has 3 N–H and O–H groups in total. The Hall–Kier alpha value is -2.95. The molecule has 1 spiro atoms. The minimum Gasteiger partial charge on any atom is -0.481 e. The smallest absolute Gasteiger partial charge is 0.353 e. The summed E-state index contributed by atoms with van der Waals surface area (Å²) < 4.78 is 17.2. The third-order valence-corrected chi connectivity index (χ3v) is 8.20. The molecule has 2 aliphatic heterocycles. The van der Waals surface area contributed by atoms with Crippen LogP contribution in [0.4, 0.5) is 0 Å². The molecule has 1 aromatic rings. The van der Waals surface area contributed by atoms with Crippen molar-refractivity contribution in [2.45, 2.75) is 81.3 Å². The molecule has 10 heteroatoms.